The molecule has 0 saturated carbocycles. The molecule has 7 heteroatoms. The van der Waals surface area contributed by atoms with E-state index in [0.29, 0.717) is 28.8 Å². The second kappa shape index (κ2) is 6.67. The summed E-state index contributed by atoms with van der Waals surface area (Å²) in [6, 6.07) is 10.2. The Balaban J connectivity index is 1.82. The Kier molecular flexibility index (Phi) is 4.43. The van der Waals surface area contributed by atoms with E-state index in [4.69, 9.17) is 9.52 Å². The van der Waals surface area contributed by atoms with Crippen molar-refractivity contribution < 1.29 is 19.1 Å². The van der Waals surface area contributed by atoms with Crippen LogP contribution in [0.5, 0.6) is 0 Å². The van der Waals surface area contributed by atoms with E-state index >= 15 is 0 Å². The first kappa shape index (κ1) is 15.9. The molecule has 0 atom stereocenters. The normalized spacial score (nSPS) is 10.5. The summed E-state index contributed by atoms with van der Waals surface area (Å²) in [7, 11) is 0. The minimum absolute atomic E-state index is 0.123. The van der Waals surface area contributed by atoms with E-state index in [1.165, 1.54) is 18.3 Å². The Labute approximate surface area is 141 Å². The molecule has 0 bridgehead atoms. The number of furan rings is 1. The van der Waals surface area contributed by atoms with Crippen LogP contribution in [0, 0.1) is 0 Å². The lowest BCUT2D eigenvalue weighted by Gasteiger charge is -1.98. The summed E-state index contributed by atoms with van der Waals surface area (Å²) in [6.07, 6.45) is 0. The lowest BCUT2D eigenvalue weighted by molar-refractivity contribution is -0.119. The van der Waals surface area contributed by atoms with E-state index in [1.54, 1.807) is 30.3 Å². The lowest BCUT2D eigenvalue weighted by atomic mass is 10.1. The van der Waals surface area contributed by atoms with Gasteiger partial charge in [0.1, 0.15) is 16.5 Å². The first-order valence-corrected chi connectivity index (χ1v) is 8.03. The number of nitrogens with one attached hydrogen (secondary N) is 1. The molecule has 0 aliphatic carbocycles. The Morgan fingerprint density at radius 3 is 2.88 bits per heavy atom. The van der Waals surface area contributed by atoms with Crippen molar-refractivity contribution in [2.75, 3.05) is 0 Å². The van der Waals surface area contributed by atoms with Gasteiger partial charge in [0.05, 0.1) is 12.1 Å². The van der Waals surface area contributed by atoms with E-state index in [0.717, 1.165) is 5.56 Å². The minimum atomic E-state index is -0.970. The number of carbonyl (C=O) groups excluding carboxylic acids is 1. The summed E-state index contributed by atoms with van der Waals surface area (Å²) in [5, 5.41) is 14.3. The monoisotopic (exact) mass is 342 g/mol. The average Bonchev–Trinajstić information content (AvgIpc) is 3.22. The number of carboxylic acid groups (broad SMARTS) is 1. The van der Waals surface area contributed by atoms with Crippen molar-refractivity contribution >= 4 is 23.2 Å². The summed E-state index contributed by atoms with van der Waals surface area (Å²) in [5.41, 5.74) is 1.64. The molecular formula is C17H14N2O4S. The molecule has 122 valence electrons. The number of nitrogens with zero attached hydrogens (tertiary/aromatic N) is 1. The van der Waals surface area contributed by atoms with Crippen LogP contribution in [0.15, 0.2) is 46.2 Å². The van der Waals surface area contributed by atoms with Gasteiger partial charge in [-0.25, -0.2) is 9.78 Å². The molecule has 0 fully saturated rings. The van der Waals surface area contributed by atoms with Crippen LogP contribution in [0.3, 0.4) is 0 Å². The van der Waals surface area contributed by atoms with E-state index in [1.807, 2.05) is 11.4 Å². The summed E-state index contributed by atoms with van der Waals surface area (Å²) < 4.78 is 5.67. The van der Waals surface area contributed by atoms with E-state index in [9.17, 15) is 9.59 Å². The van der Waals surface area contributed by atoms with Gasteiger partial charge in [0.2, 0.25) is 5.91 Å². The van der Waals surface area contributed by atoms with Crippen molar-refractivity contribution in [3.63, 3.8) is 0 Å². The molecule has 2 N–H and O–H groups in total. The van der Waals surface area contributed by atoms with Crippen LogP contribution in [0.25, 0.3) is 22.0 Å². The van der Waals surface area contributed by atoms with Crippen molar-refractivity contribution in [3.05, 3.63) is 53.1 Å². The Morgan fingerprint density at radius 2 is 2.12 bits per heavy atom. The van der Waals surface area contributed by atoms with Gasteiger partial charge in [0, 0.05) is 17.9 Å². The molecule has 1 aromatic carbocycles. The molecule has 0 aliphatic rings. The molecule has 3 aromatic rings. The van der Waals surface area contributed by atoms with Crippen LogP contribution in [0.1, 0.15) is 23.0 Å². The van der Waals surface area contributed by atoms with Gasteiger partial charge in [-0.2, -0.15) is 0 Å². The minimum Gasteiger partial charge on any atom is -0.478 e. The molecule has 0 saturated heterocycles. The molecule has 0 spiro atoms. The van der Waals surface area contributed by atoms with E-state index in [2.05, 4.69) is 10.3 Å². The molecule has 2 aromatic heterocycles. The number of aromatic carboxylic acids is 1. The highest BCUT2D eigenvalue weighted by molar-refractivity contribution is 7.13. The molecule has 6 nitrogen and oxygen atoms in total. The number of carbonyl (C=O) groups is 2. The van der Waals surface area contributed by atoms with Crippen molar-refractivity contribution in [2.24, 2.45) is 0 Å². The maximum absolute atomic E-state index is 11.1. The van der Waals surface area contributed by atoms with Crippen LogP contribution >= 0.6 is 11.3 Å². The molecule has 1 amide bonds. The van der Waals surface area contributed by atoms with Gasteiger partial charge >= 0.3 is 5.97 Å². The van der Waals surface area contributed by atoms with Crippen molar-refractivity contribution in [1.82, 2.24) is 10.3 Å². The van der Waals surface area contributed by atoms with Crippen molar-refractivity contribution in [1.29, 1.82) is 0 Å². The van der Waals surface area contributed by atoms with Crippen LogP contribution in [-0.4, -0.2) is 22.0 Å². The standard InChI is InChI=1S/C17H14N2O4S/c1-10(20)18-8-13-5-6-15(23-13)14-9-24-16(19-14)11-3-2-4-12(7-11)17(21)22/h2-7,9H,8H2,1H3,(H,18,20)(H,21,22). The molecule has 24 heavy (non-hydrogen) atoms. The molecule has 0 unspecified atom stereocenters. The number of aromatic nitrogens is 1. The predicted molar refractivity (Wildman–Crippen MR) is 89.7 cm³/mol. The Bertz CT molecular complexity index is 897. The van der Waals surface area contributed by atoms with Gasteiger partial charge in [0.15, 0.2) is 5.76 Å². The zero-order valence-corrected chi connectivity index (χ0v) is 13.6. The number of rotatable bonds is 5. The summed E-state index contributed by atoms with van der Waals surface area (Å²) >= 11 is 1.41. The van der Waals surface area contributed by atoms with Gasteiger partial charge < -0.3 is 14.8 Å². The topological polar surface area (TPSA) is 92.4 Å². The molecule has 0 aliphatic heterocycles. The SMILES string of the molecule is CC(=O)NCc1ccc(-c2csc(-c3cccc(C(=O)O)c3)n2)o1. The fourth-order valence-corrected chi connectivity index (χ4v) is 2.93. The summed E-state index contributed by atoms with van der Waals surface area (Å²) in [6.45, 7) is 1.77. The largest absolute Gasteiger partial charge is 0.478 e. The number of carboxylic acids is 1. The highest BCUT2D eigenvalue weighted by Crippen LogP contribution is 2.30. The average molecular weight is 342 g/mol. The molecule has 2 heterocycles. The van der Waals surface area contributed by atoms with Crippen LogP contribution in [0.2, 0.25) is 0 Å². The fraction of sp³-hybridized carbons (Fsp3) is 0.118. The van der Waals surface area contributed by atoms with Gasteiger partial charge in [0.25, 0.3) is 0 Å². The zero-order chi connectivity index (χ0) is 17.1. The van der Waals surface area contributed by atoms with Gasteiger partial charge in [-0.3, -0.25) is 4.79 Å². The van der Waals surface area contributed by atoms with Gasteiger partial charge in [-0.15, -0.1) is 11.3 Å². The van der Waals surface area contributed by atoms with Crippen LogP contribution in [0.4, 0.5) is 0 Å². The Morgan fingerprint density at radius 1 is 1.29 bits per heavy atom. The van der Waals surface area contributed by atoms with Crippen molar-refractivity contribution in [3.8, 4) is 22.0 Å². The van der Waals surface area contributed by atoms with Gasteiger partial charge in [-0.1, -0.05) is 12.1 Å². The second-order valence-corrected chi connectivity index (χ2v) is 5.96. The predicted octanol–water partition coefficient (Wildman–Crippen LogP) is 3.40. The highest BCUT2D eigenvalue weighted by Gasteiger charge is 2.12. The number of amides is 1. The van der Waals surface area contributed by atoms with Crippen molar-refractivity contribution in [2.45, 2.75) is 13.5 Å². The molecular weight excluding hydrogens is 328 g/mol. The lowest BCUT2D eigenvalue weighted by Crippen LogP contribution is -2.18. The van der Waals surface area contributed by atoms with Gasteiger partial charge in [-0.05, 0) is 24.3 Å². The Hall–Kier alpha value is -2.93. The number of benzene rings is 1. The number of hydrogen-bond donors (Lipinski definition) is 2. The zero-order valence-electron chi connectivity index (χ0n) is 12.8. The van der Waals surface area contributed by atoms with E-state index in [-0.39, 0.29) is 11.5 Å². The fourth-order valence-electron chi connectivity index (χ4n) is 2.13. The quantitative estimate of drug-likeness (QED) is 0.741. The molecule has 0 radical (unpaired) electrons. The highest BCUT2D eigenvalue weighted by atomic mass is 32.1. The molecule has 3 rings (SSSR count). The third-order valence-corrected chi connectivity index (χ3v) is 4.18. The van der Waals surface area contributed by atoms with Crippen LogP contribution in [-0.2, 0) is 11.3 Å². The number of thiazole rings is 1. The smallest absolute Gasteiger partial charge is 0.335 e. The maximum Gasteiger partial charge on any atom is 0.335 e. The third kappa shape index (κ3) is 3.52. The first-order chi connectivity index (χ1) is 11.5. The summed E-state index contributed by atoms with van der Waals surface area (Å²) in [4.78, 5) is 26.5. The number of hydrogen-bond acceptors (Lipinski definition) is 5. The summed E-state index contributed by atoms with van der Waals surface area (Å²) in [5.74, 6) is 0.152. The second-order valence-electron chi connectivity index (χ2n) is 5.10. The van der Waals surface area contributed by atoms with E-state index < -0.39 is 5.97 Å². The van der Waals surface area contributed by atoms with Crippen LogP contribution < -0.4 is 5.32 Å². The first-order valence-electron chi connectivity index (χ1n) is 7.15. The third-order valence-electron chi connectivity index (χ3n) is 3.29. The maximum atomic E-state index is 11.1.